The molecule has 1 fully saturated rings. The van der Waals surface area contributed by atoms with E-state index in [1.165, 1.54) is 12.1 Å². The maximum atomic E-state index is 13.2. The first-order chi connectivity index (χ1) is 8.83. The molecule has 1 aromatic carbocycles. The van der Waals surface area contributed by atoms with Gasteiger partial charge in [-0.05, 0) is 44.0 Å². The van der Waals surface area contributed by atoms with E-state index in [9.17, 15) is 4.39 Å². The summed E-state index contributed by atoms with van der Waals surface area (Å²) in [6, 6.07) is 6.50. The number of amidine groups is 1. The summed E-state index contributed by atoms with van der Waals surface area (Å²) in [5, 5.41) is 3.34. The second-order valence-corrected chi connectivity index (χ2v) is 4.79. The molecular formula is C13H17FN4. The van der Waals surface area contributed by atoms with Crippen molar-refractivity contribution in [2.45, 2.75) is 19.0 Å². The van der Waals surface area contributed by atoms with Gasteiger partial charge >= 0.3 is 0 Å². The summed E-state index contributed by atoms with van der Waals surface area (Å²) >= 11 is 0. The van der Waals surface area contributed by atoms with Gasteiger partial charge in [0.05, 0.1) is 0 Å². The van der Waals surface area contributed by atoms with Crippen LogP contribution in [0, 0.1) is 11.7 Å². The molecule has 3 N–H and O–H groups in total. The van der Waals surface area contributed by atoms with Gasteiger partial charge in [-0.2, -0.15) is 0 Å². The van der Waals surface area contributed by atoms with Gasteiger partial charge in [0.2, 0.25) is 0 Å². The molecule has 1 atom stereocenters. The van der Waals surface area contributed by atoms with Crippen LogP contribution < -0.4 is 16.2 Å². The molecule has 4 nitrogen and oxygen atoms in total. The standard InChI is InChI=1S/C13H17FN4/c14-11-3-1-2-10(8-11)13-16-12(17-18-13)9-4-6-15-7-5-9/h1-3,8-9,12,15,17H,4-7H2,(H,16,18). The van der Waals surface area contributed by atoms with Crippen LogP contribution in [0.2, 0.25) is 0 Å². The highest BCUT2D eigenvalue weighted by molar-refractivity contribution is 5.99. The number of halogens is 1. The summed E-state index contributed by atoms with van der Waals surface area (Å²) in [5.74, 6) is 1.05. The summed E-state index contributed by atoms with van der Waals surface area (Å²) in [7, 11) is 0. The Morgan fingerprint density at radius 1 is 1.22 bits per heavy atom. The quantitative estimate of drug-likeness (QED) is 0.732. The number of nitrogens with zero attached hydrogens (tertiary/aromatic N) is 1. The highest BCUT2D eigenvalue weighted by Gasteiger charge is 2.27. The topological polar surface area (TPSA) is 48.5 Å². The molecule has 0 amide bonds. The Morgan fingerprint density at radius 2 is 2.06 bits per heavy atom. The van der Waals surface area contributed by atoms with Crippen molar-refractivity contribution in [3.63, 3.8) is 0 Å². The average molecular weight is 248 g/mol. The van der Waals surface area contributed by atoms with Gasteiger partial charge in [0.1, 0.15) is 17.8 Å². The van der Waals surface area contributed by atoms with Gasteiger partial charge in [0.15, 0.2) is 0 Å². The first-order valence-corrected chi connectivity index (χ1v) is 6.39. The summed E-state index contributed by atoms with van der Waals surface area (Å²) in [4.78, 5) is 4.62. The van der Waals surface area contributed by atoms with Crippen LogP contribution >= 0.6 is 0 Å². The van der Waals surface area contributed by atoms with E-state index in [2.05, 4.69) is 21.2 Å². The molecule has 2 heterocycles. The van der Waals surface area contributed by atoms with E-state index in [1.807, 2.05) is 6.07 Å². The van der Waals surface area contributed by atoms with Crippen LogP contribution in [0.25, 0.3) is 0 Å². The second-order valence-electron chi connectivity index (χ2n) is 4.79. The fourth-order valence-corrected chi connectivity index (χ4v) is 2.51. The van der Waals surface area contributed by atoms with Crippen LogP contribution in [0.1, 0.15) is 18.4 Å². The van der Waals surface area contributed by atoms with Gasteiger partial charge < -0.3 is 10.7 Å². The molecule has 96 valence electrons. The maximum Gasteiger partial charge on any atom is 0.144 e. The lowest BCUT2D eigenvalue weighted by atomic mass is 9.95. The molecule has 0 radical (unpaired) electrons. The summed E-state index contributed by atoms with van der Waals surface area (Å²) in [5.41, 5.74) is 7.04. The van der Waals surface area contributed by atoms with Crippen LogP contribution in [-0.2, 0) is 0 Å². The van der Waals surface area contributed by atoms with Crippen LogP contribution in [0.4, 0.5) is 4.39 Å². The highest BCUT2D eigenvalue weighted by atomic mass is 19.1. The lowest BCUT2D eigenvalue weighted by molar-refractivity contribution is 0.291. The Balaban J connectivity index is 1.74. The summed E-state index contributed by atoms with van der Waals surface area (Å²) < 4.78 is 13.2. The zero-order chi connectivity index (χ0) is 12.4. The predicted octanol–water partition coefficient (Wildman–Crippen LogP) is 1.01. The van der Waals surface area contributed by atoms with E-state index in [0.717, 1.165) is 37.3 Å². The number of aliphatic imine (C=N–C) groups is 1. The molecule has 1 aromatic rings. The van der Waals surface area contributed by atoms with Crippen LogP contribution in [0.15, 0.2) is 29.3 Å². The third-order valence-electron chi connectivity index (χ3n) is 3.54. The lowest BCUT2D eigenvalue weighted by Crippen LogP contribution is -2.42. The van der Waals surface area contributed by atoms with E-state index < -0.39 is 0 Å². The Kier molecular flexibility index (Phi) is 3.25. The fraction of sp³-hybridized carbons (Fsp3) is 0.462. The molecule has 1 saturated heterocycles. The Bertz CT molecular complexity index is 454. The molecule has 0 saturated carbocycles. The van der Waals surface area contributed by atoms with Crippen molar-refractivity contribution < 1.29 is 4.39 Å². The number of nitrogens with one attached hydrogen (secondary N) is 3. The normalized spacial score (nSPS) is 24.7. The van der Waals surface area contributed by atoms with Crippen molar-refractivity contribution in [3.05, 3.63) is 35.6 Å². The Labute approximate surface area is 106 Å². The molecule has 0 bridgehead atoms. The Hall–Kier alpha value is -1.46. The minimum atomic E-state index is -0.234. The van der Waals surface area contributed by atoms with Gasteiger partial charge in [-0.25, -0.2) is 14.8 Å². The number of hydrazine groups is 1. The number of hydrogen-bond donors (Lipinski definition) is 3. The number of hydrogen-bond acceptors (Lipinski definition) is 4. The molecule has 1 unspecified atom stereocenters. The number of rotatable bonds is 2. The van der Waals surface area contributed by atoms with Crippen molar-refractivity contribution in [2.24, 2.45) is 10.9 Å². The first-order valence-electron chi connectivity index (χ1n) is 6.39. The third-order valence-corrected chi connectivity index (χ3v) is 3.54. The maximum absolute atomic E-state index is 13.2. The number of benzene rings is 1. The van der Waals surface area contributed by atoms with Crippen molar-refractivity contribution in [1.82, 2.24) is 16.2 Å². The van der Waals surface area contributed by atoms with Crippen molar-refractivity contribution in [1.29, 1.82) is 0 Å². The summed E-state index contributed by atoms with van der Waals surface area (Å²) in [6.45, 7) is 2.10. The monoisotopic (exact) mass is 248 g/mol. The Morgan fingerprint density at radius 3 is 2.83 bits per heavy atom. The molecule has 0 aromatic heterocycles. The van der Waals surface area contributed by atoms with Crippen molar-refractivity contribution >= 4 is 5.84 Å². The van der Waals surface area contributed by atoms with Gasteiger partial charge in [0, 0.05) is 5.56 Å². The molecule has 18 heavy (non-hydrogen) atoms. The van der Waals surface area contributed by atoms with Gasteiger partial charge in [-0.3, -0.25) is 0 Å². The van der Waals surface area contributed by atoms with E-state index in [4.69, 9.17) is 0 Å². The van der Waals surface area contributed by atoms with Crippen molar-refractivity contribution in [2.75, 3.05) is 13.1 Å². The van der Waals surface area contributed by atoms with Gasteiger partial charge in [0.25, 0.3) is 0 Å². The SMILES string of the molecule is Fc1cccc(C2=NC(C3CCNCC3)NN2)c1. The fourth-order valence-electron chi connectivity index (χ4n) is 2.51. The zero-order valence-corrected chi connectivity index (χ0v) is 10.1. The lowest BCUT2D eigenvalue weighted by Gasteiger charge is -2.25. The van der Waals surface area contributed by atoms with Gasteiger partial charge in [-0.1, -0.05) is 12.1 Å². The van der Waals surface area contributed by atoms with E-state index in [0.29, 0.717) is 5.92 Å². The predicted molar refractivity (Wildman–Crippen MR) is 68.6 cm³/mol. The molecule has 2 aliphatic rings. The highest BCUT2D eigenvalue weighted by Crippen LogP contribution is 2.19. The first kappa shape index (κ1) is 11.6. The molecule has 0 aliphatic carbocycles. The minimum Gasteiger partial charge on any atom is -0.317 e. The molecule has 0 spiro atoms. The van der Waals surface area contributed by atoms with Crippen LogP contribution in [0.3, 0.4) is 0 Å². The zero-order valence-electron chi connectivity index (χ0n) is 10.1. The van der Waals surface area contributed by atoms with Gasteiger partial charge in [-0.15, -0.1) is 0 Å². The summed E-state index contributed by atoms with van der Waals surface area (Å²) in [6.07, 6.45) is 2.35. The average Bonchev–Trinajstić information content (AvgIpc) is 2.89. The largest absolute Gasteiger partial charge is 0.317 e. The van der Waals surface area contributed by atoms with Crippen molar-refractivity contribution in [3.8, 4) is 0 Å². The van der Waals surface area contributed by atoms with E-state index in [-0.39, 0.29) is 12.0 Å². The minimum absolute atomic E-state index is 0.102. The van der Waals surface area contributed by atoms with E-state index in [1.54, 1.807) is 6.07 Å². The second kappa shape index (κ2) is 5.04. The van der Waals surface area contributed by atoms with Crippen LogP contribution in [-0.4, -0.2) is 25.1 Å². The number of piperidine rings is 1. The molecule has 2 aliphatic heterocycles. The van der Waals surface area contributed by atoms with Crippen LogP contribution in [0.5, 0.6) is 0 Å². The molecular weight excluding hydrogens is 231 g/mol. The molecule has 3 rings (SSSR count). The smallest absolute Gasteiger partial charge is 0.144 e. The van der Waals surface area contributed by atoms with E-state index >= 15 is 0 Å². The third kappa shape index (κ3) is 2.37. The molecule has 5 heteroatoms.